The van der Waals surface area contributed by atoms with Crippen molar-refractivity contribution in [1.29, 1.82) is 0 Å². The number of nitrogens with zero attached hydrogens (tertiary/aromatic N) is 2. The van der Waals surface area contributed by atoms with Crippen molar-refractivity contribution in [1.82, 2.24) is 10.2 Å². The van der Waals surface area contributed by atoms with Crippen molar-refractivity contribution < 1.29 is 22.7 Å². The molecule has 1 atom stereocenters. The number of halogens is 1. The highest BCUT2D eigenvalue weighted by Crippen LogP contribution is 2.33. The molecule has 1 N–H and O–H groups in total. The van der Waals surface area contributed by atoms with Gasteiger partial charge in [0.05, 0.1) is 17.2 Å². The summed E-state index contributed by atoms with van der Waals surface area (Å²) >= 11 is 6.03. The number of nitrogens with one attached hydrogen (secondary N) is 1. The van der Waals surface area contributed by atoms with Crippen molar-refractivity contribution in [3.05, 3.63) is 89.4 Å². The predicted octanol–water partition coefficient (Wildman–Crippen LogP) is 5.41. The monoisotopic (exact) mass is 597 g/mol. The van der Waals surface area contributed by atoms with Gasteiger partial charge in [0.2, 0.25) is 11.8 Å². The second kappa shape index (κ2) is 13.9. The summed E-state index contributed by atoms with van der Waals surface area (Å²) in [6.07, 6.45) is 3.93. The zero-order chi connectivity index (χ0) is 29.4. The fraction of sp³-hybridized carbons (Fsp3) is 0.355. The first-order valence-electron chi connectivity index (χ1n) is 13.8. The summed E-state index contributed by atoms with van der Waals surface area (Å²) in [6.45, 7) is 3.38. The number of ether oxygens (including phenoxy) is 1. The van der Waals surface area contributed by atoms with E-state index in [2.05, 4.69) is 5.32 Å². The van der Waals surface area contributed by atoms with E-state index in [0.717, 1.165) is 35.6 Å². The van der Waals surface area contributed by atoms with Crippen molar-refractivity contribution >= 4 is 39.1 Å². The summed E-state index contributed by atoms with van der Waals surface area (Å²) in [5.74, 6) is -0.461. The van der Waals surface area contributed by atoms with Crippen LogP contribution >= 0.6 is 11.6 Å². The Morgan fingerprint density at radius 1 is 0.976 bits per heavy atom. The van der Waals surface area contributed by atoms with Gasteiger partial charge in [-0.2, -0.15) is 0 Å². The van der Waals surface area contributed by atoms with Crippen molar-refractivity contribution in [2.45, 2.75) is 63.1 Å². The molecule has 1 aliphatic carbocycles. The average Bonchev–Trinajstić information content (AvgIpc) is 3.48. The molecule has 218 valence electrons. The van der Waals surface area contributed by atoms with Crippen LogP contribution in [0.3, 0.4) is 0 Å². The highest BCUT2D eigenvalue weighted by atomic mass is 35.5. The molecule has 2 amide bonds. The van der Waals surface area contributed by atoms with Crippen LogP contribution in [-0.2, 0) is 26.2 Å². The number of anilines is 1. The van der Waals surface area contributed by atoms with E-state index in [1.807, 2.05) is 30.3 Å². The molecular weight excluding hydrogens is 562 g/mol. The van der Waals surface area contributed by atoms with Crippen molar-refractivity contribution in [3.8, 4) is 5.75 Å². The molecule has 10 heteroatoms. The number of carbonyl (C=O) groups excluding carboxylic acids is 2. The van der Waals surface area contributed by atoms with Gasteiger partial charge in [-0.05, 0) is 68.7 Å². The van der Waals surface area contributed by atoms with Crippen molar-refractivity contribution in [3.63, 3.8) is 0 Å². The van der Waals surface area contributed by atoms with Crippen LogP contribution in [0.2, 0.25) is 5.02 Å². The first kappa shape index (κ1) is 30.4. The lowest BCUT2D eigenvalue weighted by Gasteiger charge is -2.33. The Bertz CT molecular complexity index is 1430. The Balaban J connectivity index is 1.71. The molecule has 8 nitrogen and oxygen atoms in total. The van der Waals surface area contributed by atoms with Crippen LogP contribution in [0.5, 0.6) is 5.75 Å². The largest absolute Gasteiger partial charge is 0.492 e. The second-order valence-electron chi connectivity index (χ2n) is 10.0. The zero-order valence-electron chi connectivity index (χ0n) is 23.3. The second-order valence-corrected chi connectivity index (χ2v) is 12.3. The minimum absolute atomic E-state index is 0.0253. The van der Waals surface area contributed by atoms with E-state index in [0.29, 0.717) is 17.4 Å². The number of hydrogen-bond acceptors (Lipinski definition) is 5. The van der Waals surface area contributed by atoms with Gasteiger partial charge in [-0.3, -0.25) is 13.9 Å². The Morgan fingerprint density at radius 2 is 1.61 bits per heavy atom. The highest BCUT2D eigenvalue weighted by molar-refractivity contribution is 7.92. The average molecular weight is 598 g/mol. The molecule has 41 heavy (non-hydrogen) atoms. The molecule has 0 aromatic heterocycles. The lowest BCUT2D eigenvalue weighted by Crippen LogP contribution is -2.52. The molecule has 1 fully saturated rings. The van der Waals surface area contributed by atoms with E-state index in [1.54, 1.807) is 38.1 Å². The molecule has 3 aromatic carbocycles. The van der Waals surface area contributed by atoms with Gasteiger partial charge in [-0.15, -0.1) is 0 Å². The predicted molar refractivity (Wildman–Crippen MR) is 160 cm³/mol. The van der Waals surface area contributed by atoms with E-state index < -0.39 is 28.5 Å². The summed E-state index contributed by atoms with van der Waals surface area (Å²) in [5, 5.41) is 3.46. The number of rotatable bonds is 12. The molecule has 4 rings (SSSR count). The molecule has 1 aliphatic rings. The molecule has 0 bridgehead atoms. The highest BCUT2D eigenvalue weighted by Gasteiger charge is 2.34. The van der Waals surface area contributed by atoms with Gasteiger partial charge in [0.25, 0.3) is 10.0 Å². The molecule has 0 saturated heterocycles. The van der Waals surface area contributed by atoms with Crippen LogP contribution in [0.25, 0.3) is 0 Å². The van der Waals surface area contributed by atoms with Crippen LogP contribution in [0.4, 0.5) is 5.69 Å². The third kappa shape index (κ3) is 7.59. The summed E-state index contributed by atoms with van der Waals surface area (Å²) in [4.78, 5) is 28.8. The summed E-state index contributed by atoms with van der Waals surface area (Å²) in [5.41, 5.74) is 1.04. The molecular formula is C31H36ClN3O5S. The normalized spacial score (nSPS) is 14.3. The van der Waals surface area contributed by atoms with Crippen LogP contribution < -0.4 is 14.4 Å². The van der Waals surface area contributed by atoms with E-state index in [9.17, 15) is 18.0 Å². The number of para-hydroxylation sites is 2. The summed E-state index contributed by atoms with van der Waals surface area (Å²) < 4.78 is 34.9. The van der Waals surface area contributed by atoms with Gasteiger partial charge in [0.1, 0.15) is 18.3 Å². The number of hydrogen-bond donors (Lipinski definition) is 1. The number of carbonyl (C=O) groups is 2. The quantitative estimate of drug-likeness (QED) is 0.301. The van der Waals surface area contributed by atoms with Gasteiger partial charge in [-0.25, -0.2) is 8.42 Å². The Kier molecular flexibility index (Phi) is 10.3. The minimum atomic E-state index is -4.23. The summed E-state index contributed by atoms with van der Waals surface area (Å²) in [7, 11) is -4.23. The molecule has 0 heterocycles. The van der Waals surface area contributed by atoms with E-state index in [1.165, 1.54) is 29.2 Å². The maximum atomic E-state index is 14.1. The zero-order valence-corrected chi connectivity index (χ0v) is 24.9. The molecule has 0 unspecified atom stereocenters. The Morgan fingerprint density at radius 3 is 2.27 bits per heavy atom. The first-order chi connectivity index (χ1) is 19.7. The SMILES string of the molecule is CCOc1ccccc1N(CC(=O)N(Cc1ccccc1)[C@H](C)C(=O)NC1CCCC1)S(=O)(=O)c1ccc(Cl)cc1. The van der Waals surface area contributed by atoms with E-state index in [-0.39, 0.29) is 29.1 Å². The Labute approximate surface area is 247 Å². The van der Waals surface area contributed by atoms with Crippen molar-refractivity contribution in [2.24, 2.45) is 0 Å². The molecule has 1 saturated carbocycles. The third-order valence-electron chi connectivity index (χ3n) is 7.18. The number of sulfonamides is 1. The maximum Gasteiger partial charge on any atom is 0.264 e. The van der Waals surface area contributed by atoms with E-state index in [4.69, 9.17) is 16.3 Å². The van der Waals surface area contributed by atoms with Crippen molar-refractivity contribution in [2.75, 3.05) is 17.5 Å². The fourth-order valence-corrected chi connectivity index (χ4v) is 6.49. The molecule has 3 aromatic rings. The lowest BCUT2D eigenvalue weighted by molar-refractivity contribution is -0.139. The topological polar surface area (TPSA) is 96.0 Å². The van der Waals surface area contributed by atoms with Gasteiger partial charge in [0, 0.05) is 17.6 Å². The lowest BCUT2D eigenvalue weighted by atomic mass is 10.1. The van der Waals surface area contributed by atoms with Crippen LogP contribution in [0.1, 0.15) is 45.1 Å². The third-order valence-corrected chi connectivity index (χ3v) is 9.20. The molecule has 0 spiro atoms. The number of amides is 2. The number of benzene rings is 3. The fourth-order valence-electron chi connectivity index (χ4n) is 4.94. The maximum absolute atomic E-state index is 14.1. The standard InChI is InChI=1S/C31H36ClN3O5S/c1-3-40-29-16-10-9-15-28(29)35(41(38,39)27-19-17-25(32)18-20-27)22-30(36)34(21-24-11-5-4-6-12-24)23(2)31(37)33-26-13-7-8-14-26/h4-6,9-12,15-20,23,26H,3,7-8,13-14,21-22H2,1-2H3,(H,33,37)/t23-/m1/s1. The van der Waals surface area contributed by atoms with Crippen LogP contribution in [0.15, 0.2) is 83.8 Å². The summed E-state index contributed by atoms with van der Waals surface area (Å²) in [6, 6.07) is 21.0. The minimum Gasteiger partial charge on any atom is -0.492 e. The van der Waals surface area contributed by atoms with Gasteiger partial charge < -0.3 is 15.0 Å². The molecule has 0 radical (unpaired) electrons. The molecule has 0 aliphatic heterocycles. The first-order valence-corrected chi connectivity index (χ1v) is 15.7. The van der Waals surface area contributed by atoms with E-state index >= 15 is 0 Å². The van der Waals surface area contributed by atoms with Crippen LogP contribution in [0, 0.1) is 0 Å². The Hall–Kier alpha value is -3.56. The van der Waals surface area contributed by atoms with Gasteiger partial charge in [-0.1, -0.05) is 66.9 Å². The van der Waals surface area contributed by atoms with Crippen LogP contribution in [-0.4, -0.2) is 50.4 Å². The van der Waals surface area contributed by atoms with Gasteiger partial charge in [0.15, 0.2) is 0 Å². The van der Waals surface area contributed by atoms with Gasteiger partial charge >= 0.3 is 0 Å². The smallest absolute Gasteiger partial charge is 0.264 e.